The molecule has 0 radical (unpaired) electrons. The van der Waals surface area contributed by atoms with Gasteiger partial charge in [-0.05, 0) is 0 Å². The van der Waals surface area contributed by atoms with Crippen molar-refractivity contribution in [3.8, 4) is 0 Å². The van der Waals surface area contributed by atoms with E-state index >= 15 is 0 Å². The molecule has 2 rings (SSSR count). The van der Waals surface area contributed by atoms with Crippen LogP contribution < -0.4 is 11.5 Å². The molecular weight excluding hydrogens is 252 g/mol. The number of hydrogen-bond donors (Lipinski definition) is 4. The number of hydrogen-bond acceptors (Lipinski definition) is 8. The van der Waals surface area contributed by atoms with E-state index in [1.807, 2.05) is 0 Å². The Morgan fingerprint density at radius 1 is 1.00 bits per heavy atom. The van der Waals surface area contributed by atoms with Gasteiger partial charge in [0.05, 0.1) is 0 Å². The Balaban J connectivity index is 0.000000228. The van der Waals surface area contributed by atoms with Gasteiger partial charge in [-0.1, -0.05) is 0 Å². The molecule has 2 aromatic rings. The lowest BCUT2D eigenvalue weighted by Gasteiger charge is -2.06. The monoisotopic (exact) mass is 262 g/mol. The largest absolute Gasteiger partial charge is 0.759 e. The molecule has 6 N–H and O–H groups in total. The Morgan fingerprint density at radius 3 is 1.35 bits per heavy atom. The summed E-state index contributed by atoms with van der Waals surface area (Å²) in [4.78, 5) is 12.6. The van der Waals surface area contributed by atoms with Gasteiger partial charge in [0.15, 0.2) is 11.9 Å². The lowest BCUT2D eigenvalue weighted by Crippen LogP contribution is -1.91. The van der Waals surface area contributed by atoms with Crippen molar-refractivity contribution in [2.24, 2.45) is 0 Å². The van der Waals surface area contributed by atoms with Crippen LogP contribution in [-0.4, -0.2) is 37.5 Å². The van der Waals surface area contributed by atoms with E-state index < -0.39 is 10.4 Å². The lowest BCUT2D eigenvalue weighted by atomic mass is 11.0. The average molecular weight is 262 g/mol. The molecule has 0 saturated carbocycles. The highest BCUT2D eigenvalue weighted by atomic mass is 32.3. The first-order valence-electron chi connectivity index (χ1n) is 3.95. The minimum atomic E-state index is -5.17. The zero-order valence-corrected chi connectivity index (χ0v) is 9.22. The molecule has 17 heavy (non-hydrogen) atoms. The molecular formula is C6H10N6O4S-2. The standard InChI is InChI=1S/2C3H5N3.H2O4S/c2*4-3-5-1-2-6-3;1-5(2,3)4/h2*1-2H,(H3,4,5,6);(H2,1,2,3,4)/p-2. The van der Waals surface area contributed by atoms with Crippen LogP contribution in [0.2, 0.25) is 0 Å². The average Bonchev–Trinajstić information content (AvgIpc) is 2.76. The molecule has 0 aliphatic rings. The van der Waals surface area contributed by atoms with E-state index in [0.29, 0.717) is 11.9 Å². The Labute approximate surface area is 96.7 Å². The summed E-state index contributed by atoms with van der Waals surface area (Å²) in [5.41, 5.74) is 10.2. The van der Waals surface area contributed by atoms with Crippen molar-refractivity contribution in [2.75, 3.05) is 11.5 Å². The third-order valence-corrected chi connectivity index (χ3v) is 1.04. The van der Waals surface area contributed by atoms with Crippen molar-refractivity contribution in [3.63, 3.8) is 0 Å². The molecule has 96 valence electrons. The van der Waals surface area contributed by atoms with Crippen LogP contribution in [0.25, 0.3) is 0 Å². The van der Waals surface area contributed by atoms with Gasteiger partial charge >= 0.3 is 0 Å². The predicted octanol–water partition coefficient (Wildman–Crippen LogP) is -1.35. The maximum Gasteiger partial charge on any atom is 0.197 e. The number of nitrogens with two attached hydrogens (primary N) is 2. The van der Waals surface area contributed by atoms with Crippen molar-refractivity contribution in [2.45, 2.75) is 0 Å². The third kappa shape index (κ3) is 13.9. The minimum Gasteiger partial charge on any atom is -0.759 e. The minimum absolute atomic E-state index is 0.468. The van der Waals surface area contributed by atoms with Crippen LogP contribution in [0.4, 0.5) is 11.9 Å². The Bertz CT molecular complexity index is 438. The van der Waals surface area contributed by atoms with E-state index in [4.69, 9.17) is 29.0 Å². The molecule has 0 atom stereocenters. The highest BCUT2D eigenvalue weighted by Gasteiger charge is 1.74. The molecule has 0 aromatic carbocycles. The number of aromatic amines is 2. The predicted molar refractivity (Wildman–Crippen MR) is 56.5 cm³/mol. The zero-order valence-electron chi connectivity index (χ0n) is 8.40. The summed E-state index contributed by atoms with van der Waals surface area (Å²) in [5.74, 6) is 0.935. The lowest BCUT2D eigenvalue weighted by molar-refractivity contribution is 0.352. The number of nitrogen functional groups attached to an aromatic ring is 2. The van der Waals surface area contributed by atoms with E-state index in [2.05, 4.69) is 19.9 Å². The summed E-state index contributed by atoms with van der Waals surface area (Å²) in [6.07, 6.45) is 6.56. The number of rotatable bonds is 0. The molecule has 0 unspecified atom stereocenters. The first-order valence-corrected chi connectivity index (χ1v) is 5.28. The second-order valence-electron chi connectivity index (χ2n) is 2.36. The number of aromatic nitrogens is 4. The van der Waals surface area contributed by atoms with Crippen LogP contribution in [0.1, 0.15) is 0 Å². The summed E-state index contributed by atoms with van der Waals surface area (Å²) in [6, 6.07) is 0. The fourth-order valence-electron chi connectivity index (χ4n) is 0.555. The van der Waals surface area contributed by atoms with Crippen LogP contribution >= 0.6 is 0 Å². The number of nitrogens with zero attached hydrogens (tertiary/aromatic N) is 2. The Morgan fingerprint density at radius 2 is 1.29 bits per heavy atom. The third-order valence-electron chi connectivity index (χ3n) is 1.04. The van der Waals surface area contributed by atoms with Crippen molar-refractivity contribution >= 4 is 22.3 Å². The second kappa shape index (κ2) is 7.21. The smallest absolute Gasteiger partial charge is 0.197 e. The summed E-state index contributed by atoms with van der Waals surface area (Å²) >= 11 is 0. The highest BCUT2D eigenvalue weighted by molar-refractivity contribution is 7.79. The van der Waals surface area contributed by atoms with Gasteiger partial charge in [0.1, 0.15) is 0 Å². The van der Waals surface area contributed by atoms with Gasteiger partial charge in [-0.15, -0.1) is 0 Å². The molecule has 10 nitrogen and oxygen atoms in total. The quantitative estimate of drug-likeness (QED) is 0.330. The Kier molecular flexibility index (Phi) is 6.32. The van der Waals surface area contributed by atoms with Gasteiger partial charge in [-0.3, -0.25) is 8.42 Å². The van der Waals surface area contributed by atoms with Crippen LogP contribution in [-0.2, 0) is 10.4 Å². The van der Waals surface area contributed by atoms with E-state index in [-0.39, 0.29) is 0 Å². The first kappa shape index (κ1) is 14.9. The van der Waals surface area contributed by atoms with Crippen LogP contribution in [0.15, 0.2) is 24.8 Å². The summed E-state index contributed by atoms with van der Waals surface area (Å²) < 4.78 is 34.1. The fourth-order valence-corrected chi connectivity index (χ4v) is 0.555. The van der Waals surface area contributed by atoms with Crippen molar-refractivity contribution in [1.82, 2.24) is 19.9 Å². The summed E-state index contributed by atoms with van der Waals surface area (Å²) in [5, 5.41) is 0. The molecule has 0 saturated heterocycles. The number of H-pyrrole nitrogens is 2. The van der Waals surface area contributed by atoms with Gasteiger partial charge in [0, 0.05) is 35.2 Å². The van der Waals surface area contributed by atoms with Crippen LogP contribution in [0.3, 0.4) is 0 Å². The van der Waals surface area contributed by atoms with E-state index in [1.54, 1.807) is 24.8 Å². The Hall–Kier alpha value is -2.11. The second-order valence-corrected chi connectivity index (χ2v) is 3.17. The van der Waals surface area contributed by atoms with Crippen LogP contribution in [0.5, 0.6) is 0 Å². The number of imidazole rings is 2. The molecule has 2 heterocycles. The maximum atomic E-state index is 8.52. The molecule has 0 bridgehead atoms. The molecule has 11 heteroatoms. The van der Waals surface area contributed by atoms with Crippen molar-refractivity contribution < 1.29 is 17.5 Å². The summed E-state index contributed by atoms with van der Waals surface area (Å²) in [6.45, 7) is 0. The zero-order chi connectivity index (χ0) is 13.3. The van der Waals surface area contributed by atoms with Gasteiger partial charge in [-0.25, -0.2) is 9.97 Å². The van der Waals surface area contributed by atoms with E-state index in [9.17, 15) is 0 Å². The van der Waals surface area contributed by atoms with Gasteiger partial charge < -0.3 is 30.5 Å². The summed E-state index contributed by atoms with van der Waals surface area (Å²) in [7, 11) is -5.17. The van der Waals surface area contributed by atoms with E-state index in [0.717, 1.165) is 0 Å². The van der Waals surface area contributed by atoms with Gasteiger partial charge in [0.25, 0.3) is 0 Å². The maximum absolute atomic E-state index is 8.52. The van der Waals surface area contributed by atoms with Gasteiger partial charge in [-0.2, -0.15) is 0 Å². The van der Waals surface area contributed by atoms with E-state index in [1.165, 1.54) is 0 Å². The van der Waals surface area contributed by atoms with Gasteiger partial charge in [0.2, 0.25) is 0 Å². The number of anilines is 2. The highest BCUT2D eigenvalue weighted by Crippen LogP contribution is 1.82. The molecule has 0 fully saturated rings. The molecule has 0 amide bonds. The SMILES string of the molecule is Nc1ncc[nH]1.Nc1ncc[nH]1.O=S(=O)([O-])[O-]. The van der Waals surface area contributed by atoms with Crippen molar-refractivity contribution in [3.05, 3.63) is 24.8 Å². The molecule has 0 spiro atoms. The molecule has 0 aliphatic carbocycles. The van der Waals surface area contributed by atoms with Crippen molar-refractivity contribution in [1.29, 1.82) is 0 Å². The van der Waals surface area contributed by atoms with Crippen LogP contribution in [0, 0.1) is 0 Å². The number of nitrogens with one attached hydrogen (secondary N) is 2. The normalized spacial score (nSPS) is 9.53. The fraction of sp³-hybridized carbons (Fsp3) is 0. The first-order chi connectivity index (χ1) is 7.79. The molecule has 2 aromatic heterocycles. The molecule has 0 aliphatic heterocycles. The topological polar surface area (TPSA) is 190 Å².